The number of aliphatic carboxylic acids is 1. The monoisotopic (exact) mass is 693 g/mol. The van der Waals surface area contributed by atoms with Crippen LogP contribution in [0.3, 0.4) is 0 Å². The number of nitrogens with two attached hydrogens (primary N) is 2. The summed E-state index contributed by atoms with van der Waals surface area (Å²) in [5, 5.41) is 25.5. The van der Waals surface area contributed by atoms with E-state index in [1.807, 2.05) is 6.26 Å². The maximum Gasteiger partial charge on any atom is 0.322 e. The lowest BCUT2D eigenvalue weighted by Crippen LogP contribution is -2.57. The van der Waals surface area contributed by atoms with Gasteiger partial charge in [-0.25, -0.2) is 0 Å². The van der Waals surface area contributed by atoms with E-state index in [9.17, 15) is 38.4 Å². The smallest absolute Gasteiger partial charge is 0.322 e. The molecule has 20 heteroatoms. The van der Waals surface area contributed by atoms with Crippen molar-refractivity contribution in [2.24, 2.45) is 11.5 Å². The van der Waals surface area contributed by atoms with Gasteiger partial charge in [0.15, 0.2) is 0 Å². The number of thioether (sulfide) groups is 2. The van der Waals surface area contributed by atoms with Gasteiger partial charge in [0, 0.05) is 0 Å². The van der Waals surface area contributed by atoms with Crippen LogP contribution >= 0.6 is 23.5 Å². The average molecular weight is 694 g/mol. The third-order valence-corrected chi connectivity index (χ3v) is 7.31. The fourth-order valence-corrected chi connectivity index (χ4v) is 4.52. The van der Waals surface area contributed by atoms with Gasteiger partial charge in [0.2, 0.25) is 41.4 Å². The molecule has 3 atom stereocenters. The fourth-order valence-electron chi connectivity index (χ4n) is 3.58. The lowest BCUT2D eigenvalue weighted by atomic mass is 10.1. The highest BCUT2D eigenvalue weighted by Gasteiger charge is 2.29. The van der Waals surface area contributed by atoms with E-state index in [2.05, 4.69) is 37.2 Å². The van der Waals surface area contributed by atoms with Crippen molar-refractivity contribution < 1.29 is 43.5 Å². The number of rotatable bonds is 25. The zero-order valence-electron chi connectivity index (χ0n) is 26.1. The van der Waals surface area contributed by atoms with E-state index in [1.165, 1.54) is 23.5 Å². The number of hydrogen-bond acceptors (Lipinski definition) is 12. The van der Waals surface area contributed by atoms with Crippen LogP contribution < -0.4 is 48.7 Å². The molecule has 18 nitrogen and oxygen atoms in total. The Balaban J connectivity index is 5.48. The first kappa shape index (κ1) is 42.4. The van der Waals surface area contributed by atoms with Crippen LogP contribution in [0.1, 0.15) is 32.1 Å². The predicted octanol–water partition coefficient (Wildman–Crippen LogP) is -4.42. The highest BCUT2D eigenvalue weighted by Crippen LogP contribution is 2.07. The van der Waals surface area contributed by atoms with E-state index in [0.717, 1.165) is 0 Å². The molecular formula is C26H47N9O9S2. The van der Waals surface area contributed by atoms with Crippen molar-refractivity contribution >= 4 is 70.8 Å². The quantitative estimate of drug-likeness (QED) is 0.0405. The Morgan fingerprint density at radius 2 is 1.02 bits per heavy atom. The van der Waals surface area contributed by atoms with E-state index in [-0.39, 0.29) is 32.4 Å². The molecule has 0 bridgehead atoms. The number of unbranched alkanes of at least 4 members (excludes halogenated alkanes) is 1. The predicted molar refractivity (Wildman–Crippen MR) is 173 cm³/mol. The summed E-state index contributed by atoms with van der Waals surface area (Å²) in [5.41, 5.74) is 10.8. The normalized spacial score (nSPS) is 12.4. The number of carbonyl (C=O) groups excluding carboxylic acids is 7. The molecule has 0 aromatic rings. The first-order valence-electron chi connectivity index (χ1n) is 14.5. The zero-order chi connectivity index (χ0) is 34.9. The molecule has 0 spiro atoms. The summed E-state index contributed by atoms with van der Waals surface area (Å²) < 4.78 is 0. The van der Waals surface area contributed by atoms with Crippen molar-refractivity contribution in [3.8, 4) is 0 Å². The van der Waals surface area contributed by atoms with Crippen molar-refractivity contribution in [1.29, 1.82) is 0 Å². The van der Waals surface area contributed by atoms with Crippen LogP contribution in [0.15, 0.2) is 0 Å². The summed E-state index contributed by atoms with van der Waals surface area (Å²) in [6.45, 7) is -1.97. The first-order chi connectivity index (χ1) is 21.9. The van der Waals surface area contributed by atoms with E-state index in [1.54, 1.807) is 6.26 Å². The molecule has 0 fully saturated rings. The molecule has 0 aromatic carbocycles. The number of carboxylic acids is 1. The third kappa shape index (κ3) is 20.4. The third-order valence-electron chi connectivity index (χ3n) is 6.02. The van der Waals surface area contributed by atoms with Crippen molar-refractivity contribution in [3.05, 3.63) is 0 Å². The van der Waals surface area contributed by atoms with Gasteiger partial charge in [-0.1, -0.05) is 0 Å². The second kappa shape index (κ2) is 25.6. The molecule has 46 heavy (non-hydrogen) atoms. The Bertz CT molecular complexity index is 1040. The van der Waals surface area contributed by atoms with Gasteiger partial charge < -0.3 is 53.8 Å². The standard InChI is InChI=1S/C26H47N9O9S2/c1-45-9-6-17(24(42)32-13-21(38)30-12-20(37)31-15-23(40)41)35-25(43)16(5-3-4-8-27)34-26(44)18(7-10-46-2)33-22(39)14-29-19(36)11-28/h16-18H,3-15,27-28H2,1-2H3,(H,29,36)(H,30,38)(H,31,37)(H,32,42)(H,33,39)(H,34,44)(H,35,43)(H,40,41). The number of amides is 7. The van der Waals surface area contributed by atoms with Crippen LogP contribution in [0.2, 0.25) is 0 Å². The maximum atomic E-state index is 13.4. The minimum absolute atomic E-state index is 0.188. The molecule has 0 saturated heterocycles. The maximum absolute atomic E-state index is 13.4. The highest BCUT2D eigenvalue weighted by molar-refractivity contribution is 7.98. The average Bonchev–Trinajstić information content (AvgIpc) is 3.03. The van der Waals surface area contributed by atoms with E-state index in [4.69, 9.17) is 16.6 Å². The molecule has 0 radical (unpaired) electrons. The van der Waals surface area contributed by atoms with Crippen LogP contribution in [-0.2, 0) is 38.4 Å². The molecule has 7 amide bonds. The van der Waals surface area contributed by atoms with Gasteiger partial charge in [0.1, 0.15) is 24.7 Å². The largest absolute Gasteiger partial charge is 0.480 e. The summed E-state index contributed by atoms with van der Waals surface area (Å²) >= 11 is 2.87. The summed E-state index contributed by atoms with van der Waals surface area (Å²) in [4.78, 5) is 97.5. The van der Waals surface area contributed by atoms with Gasteiger partial charge in [-0.3, -0.25) is 38.4 Å². The first-order valence-corrected chi connectivity index (χ1v) is 17.2. The van der Waals surface area contributed by atoms with Gasteiger partial charge in [0.25, 0.3) is 0 Å². The molecule has 0 aromatic heterocycles. The minimum atomic E-state index is -1.25. The molecule has 0 aliphatic carbocycles. The number of carboxylic acid groups (broad SMARTS) is 1. The Morgan fingerprint density at radius 3 is 1.52 bits per heavy atom. The molecule has 0 saturated carbocycles. The molecule has 12 N–H and O–H groups in total. The lowest BCUT2D eigenvalue weighted by molar-refractivity contribution is -0.138. The Labute approximate surface area is 276 Å². The van der Waals surface area contributed by atoms with Crippen LogP contribution in [0.4, 0.5) is 0 Å². The molecule has 0 heterocycles. The Hall–Kier alpha value is -3.62. The van der Waals surface area contributed by atoms with E-state index in [0.29, 0.717) is 30.9 Å². The van der Waals surface area contributed by atoms with Crippen LogP contribution in [-0.4, -0.2) is 134 Å². The van der Waals surface area contributed by atoms with Crippen molar-refractivity contribution in [2.75, 3.05) is 63.3 Å². The minimum Gasteiger partial charge on any atom is -0.480 e. The zero-order valence-corrected chi connectivity index (χ0v) is 27.7. The summed E-state index contributed by atoms with van der Waals surface area (Å²) in [7, 11) is 0. The fraction of sp³-hybridized carbons (Fsp3) is 0.692. The summed E-state index contributed by atoms with van der Waals surface area (Å²) in [5.74, 6) is -4.85. The van der Waals surface area contributed by atoms with Crippen molar-refractivity contribution in [2.45, 2.75) is 50.2 Å². The molecule has 0 aliphatic rings. The molecule has 0 rings (SSSR count). The van der Waals surface area contributed by atoms with E-state index >= 15 is 0 Å². The number of hydrogen-bond donors (Lipinski definition) is 10. The van der Waals surface area contributed by atoms with Gasteiger partial charge in [-0.15, -0.1) is 0 Å². The Morgan fingerprint density at radius 1 is 0.565 bits per heavy atom. The van der Waals surface area contributed by atoms with Gasteiger partial charge in [-0.05, 0) is 62.7 Å². The second-order valence-corrected chi connectivity index (χ2v) is 11.7. The topological polar surface area (TPSA) is 293 Å². The second-order valence-electron chi connectivity index (χ2n) is 9.74. The van der Waals surface area contributed by atoms with E-state index < -0.39 is 85.1 Å². The van der Waals surface area contributed by atoms with Crippen LogP contribution in [0.25, 0.3) is 0 Å². The van der Waals surface area contributed by atoms with Crippen LogP contribution in [0, 0.1) is 0 Å². The van der Waals surface area contributed by atoms with Crippen LogP contribution in [0.5, 0.6) is 0 Å². The Kier molecular flexibility index (Phi) is 23.5. The lowest BCUT2D eigenvalue weighted by Gasteiger charge is -2.25. The molecule has 0 aliphatic heterocycles. The van der Waals surface area contributed by atoms with Gasteiger partial charge in [-0.2, -0.15) is 23.5 Å². The van der Waals surface area contributed by atoms with Crippen molar-refractivity contribution in [1.82, 2.24) is 37.2 Å². The molecule has 262 valence electrons. The summed E-state index contributed by atoms with van der Waals surface area (Å²) in [6, 6.07) is -3.17. The highest BCUT2D eigenvalue weighted by atomic mass is 32.2. The summed E-state index contributed by atoms with van der Waals surface area (Å²) in [6.07, 6.45) is 5.29. The molecule has 3 unspecified atom stereocenters. The SMILES string of the molecule is CSCCC(NC(=O)CNC(=O)CN)C(=O)NC(CCCCN)C(=O)NC(CCSC)C(=O)NCC(=O)NCC(=O)NCC(=O)O. The number of nitrogens with one attached hydrogen (secondary N) is 7. The number of carbonyl (C=O) groups is 8. The van der Waals surface area contributed by atoms with Gasteiger partial charge >= 0.3 is 5.97 Å². The molecular weight excluding hydrogens is 646 g/mol. The van der Waals surface area contributed by atoms with Crippen molar-refractivity contribution in [3.63, 3.8) is 0 Å². The van der Waals surface area contributed by atoms with Gasteiger partial charge in [0.05, 0.1) is 26.2 Å².